The number of hydrogen-bond acceptors (Lipinski definition) is 2. The molecule has 1 fully saturated rings. The van der Waals surface area contributed by atoms with E-state index in [1.807, 2.05) is 12.1 Å². The third-order valence-corrected chi connectivity index (χ3v) is 3.06. The quantitative estimate of drug-likeness (QED) is 0.814. The lowest BCUT2D eigenvalue weighted by Gasteiger charge is -2.20. The fourth-order valence-corrected chi connectivity index (χ4v) is 1.92. The lowest BCUT2D eigenvalue weighted by molar-refractivity contribution is 0.123. The van der Waals surface area contributed by atoms with Crippen LogP contribution in [0.1, 0.15) is 30.1 Å². The fraction of sp³-hybridized carbons (Fsp3) is 0.538. The van der Waals surface area contributed by atoms with Crippen LogP contribution in [0.5, 0.6) is 0 Å². The predicted octanol–water partition coefficient (Wildman–Crippen LogP) is 2.12. The molecule has 82 valence electrons. The highest BCUT2D eigenvalue weighted by molar-refractivity contribution is 5.24. The standard InChI is InChI=1S/C13H19NO/c1-10-4-3-5-11(8-10)13(15)9-14(2)12-6-7-12/h3-5,8,12-13,15H,6-7,9H2,1-2H3. The van der Waals surface area contributed by atoms with E-state index in [0.29, 0.717) is 6.04 Å². The minimum atomic E-state index is -0.351. The van der Waals surface area contributed by atoms with Crippen LogP contribution in [0.2, 0.25) is 0 Å². The molecule has 0 radical (unpaired) electrons. The van der Waals surface area contributed by atoms with E-state index in [4.69, 9.17) is 0 Å². The van der Waals surface area contributed by atoms with E-state index >= 15 is 0 Å². The van der Waals surface area contributed by atoms with Crippen molar-refractivity contribution < 1.29 is 5.11 Å². The maximum Gasteiger partial charge on any atom is 0.0917 e. The van der Waals surface area contributed by atoms with Crippen LogP contribution in [0.4, 0.5) is 0 Å². The van der Waals surface area contributed by atoms with Crippen LogP contribution in [0.25, 0.3) is 0 Å². The molecule has 2 rings (SSSR count). The van der Waals surface area contributed by atoms with E-state index in [1.54, 1.807) is 0 Å². The van der Waals surface area contributed by atoms with Crippen LogP contribution >= 0.6 is 0 Å². The molecule has 2 nitrogen and oxygen atoms in total. The molecule has 2 heteroatoms. The van der Waals surface area contributed by atoms with Gasteiger partial charge in [-0.05, 0) is 32.4 Å². The molecule has 1 aromatic rings. The summed E-state index contributed by atoms with van der Waals surface area (Å²) in [7, 11) is 2.09. The summed E-state index contributed by atoms with van der Waals surface area (Å²) in [4.78, 5) is 2.26. The van der Waals surface area contributed by atoms with Crippen LogP contribution in [-0.4, -0.2) is 29.6 Å². The lowest BCUT2D eigenvalue weighted by Crippen LogP contribution is -2.26. The molecule has 0 bridgehead atoms. The van der Waals surface area contributed by atoms with Gasteiger partial charge >= 0.3 is 0 Å². The van der Waals surface area contributed by atoms with Gasteiger partial charge in [0.25, 0.3) is 0 Å². The Labute approximate surface area is 91.5 Å². The van der Waals surface area contributed by atoms with Crippen molar-refractivity contribution in [1.29, 1.82) is 0 Å². The van der Waals surface area contributed by atoms with Gasteiger partial charge in [0.05, 0.1) is 6.10 Å². The van der Waals surface area contributed by atoms with E-state index in [9.17, 15) is 5.11 Å². The Kier molecular flexibility index (Phi) is 3.08. The maximum atomic E-state index is 10.1. The first-order chi connectivity index (χ1) is 7.16. The van der Waals surface area contributed by atoms with Gasteiger partial charge in [-0.25, -0.2) is 0 Å². The van der Waals surface area contributed by atoms with E-state index in [0.717, 1.165) is 12.1 Å². The summed E-state index contributed by atoms with van der Waals surface area (Å²) in [6.45, 7) is 2.80. The Morgan fingerprint density at radius 3 is 2.80 bits per heavy atom. The SMILES string of the molecule is Cc1cccc(C(O)CN(C)C2CC2)c1. The minimum absolute atomic E-state index is 0.351. The summed E-state index contributed by atoms with van der Waals surface area (Å²) in [5.41, 5.74) is 2.24. The molecule has 1 atom stereocenters. The van der Waals surface area contributed by atoms with Gasteiger partial charge in [-0.15, -0.1) is 0 Å². The summed E-state index contributed by atoms with van der Waals surface area (Å²) in [5, 5.41) is 10.1. The average Bonchev–Trinajstić information content (AvgIpc) is 3.00. The molecule has 0 spiro atoms. The van der Waals surface area contributed by atoms with E-state index in [2.05, 4.69) is 31.0 Å². The second kappa shape index (κ2) is 4.33. The molecule has 0 aromatic heterocycles. The van der Waals surface area contributed by atoms with Crippen molar-refractivity contribution >= 4 is 0 Å². The van der Waals surface area contributed by atoms with Crippen LogP contribution < -0.4 is 0 Å². The molecule has 1 aromatic carbocycles. The third-order valence-electron chi connectivity index (χ3n) is 3.06. The zero-order chi connectivity index (χ0) is 10.8. The van der Waals surface area contributed by atoms with Crippen molar-refractivity contribution in [2.24, 2.45) is 0 Å². The smallest absolute Gasteiger partial charge is 0.0917 e. The largest absolute Gasteiger partial charge is 0.387 e. The van der Waals surface area contributed by atoms with E-state index in [-0.39, 0.29) is 6.10 Å². The molecule has 0 amide bonds. The van der Waals surface area contributed by atoms with Crippen LogP contribution in [0, 0.1) is 6.92 Å². The second-order valence-corrected chi connectivity index (χ2v) is 4.60. The molecule has 0 aliphatic heterocycles. The number of nitrogens with zero attached hydrogens (tertiary/aromatic N) is 1. The molecule has 1 aliphatic carbocycles. The first-order valence-electron chi connectivity index (χ1n) is 5.61. The fourth-order valence-electron chi connectivity index (χ4n) is 1.92. The highest BCUT2D eigenvalue weighted by atomic mass is 16.3. The van der Waals surface area contributed by atoms with Crippen molar-refractivity contribution in [2.75, 3.05) is 13.6 Å². The van der Waals surface area contributed by atoms with Gasteiger partial charge in [0, 0.05) is 12.6 Å². The zero-order valence-corrected chi connectivity index (χ0v) is 9.48. The number of aliphatic hydroxyl groups is 1. The third kappa shape index (κ3) is 2.80. The van der Waals surface area contributed by atoms with Gasteiger partial charge in [-0.1, -0.05) is 29.8 Å². The number of rotatable bonds is 4. The van der Waals surface area contributed by atoms with Gasteiger partial charge in [0.15, 0.2) is 0 Å². The highest BCUT2D eigenvalue weighted by Crippen LogP contribution is 2.27. The number of hydrogen-bond donors (Lipinski definition) is 1. The molecule has 0 saturated heterocycles. The number of likely N-dealkylation sites (N-methyl/N-ethyl adjacent to an activating group) is 1. The Morgan fingerprint density at radius 1 is 1.47 bits per heavy atom. The Morgan fingerprint density at radius 2 is 2.20 bits per heavy atom. The van der Waals surface area contributed by atoms with Gasteiger partial charge in [0.2, 0.25) is 0 Å². The monoisotopic (exact) mass is 205 g/mol. The zero-order valence-electron chi connectivity index (χ0n) is 9.48. The first-order valence-corrected chi connectivity index (χ1v) is 5.61. The van der Waals surface area contributed by atoms with E-state index in [1.165, 1.54) is 18.4 Å². The van der Waals surface area contributed by atoms with E-state index < -0.39 is 0 Å². The van der Waals surface area contributed by atoms with Gasteiger partial charge < -0.3 is 10.0 Å². The van der Waals surface area contributed by atoms with Gasteiger partial charge in [-0.2, -0.15) is 0 Å². The van der Waals surface area contributed by atoms with Crippen molar-refractivity contribution in [3.63, 3.8) is 0 Å². The number of aliphatic hydroxyl groups excluding tert-OH is 1. The van der Waals surface area contributed by atoms with Crippen LogP contribution in [0.15, 0.2) is 24.3 Å². The molecular formula is C13H19NO. The van der Waals surface area contributed by atoms with Crippen molar-refractivity contribution in [1.82, 2.24) is 4.90 Å². The summed E-state index contributed by atoms with van der Waals surface area (Å²) in [6.07, 6.45) is 2.23. The highest BCUT2D eigenvalue weighted by Gasteiger charge is 2.27. The summed E-state index contributed by atoms with van der Waals surface area (Å²) < 4.78 is 0. The molecule has 1 N–H and O–H groups in total. The molecule has 1 aliphatic rings. The van der Waals surface area contributed by atoms with Gasteiger partial charge in [-0.3, -0.25) is 0 Å². The lowest BCUT2D eigenvalue weighted by atomic mass is 10.1. The maximum absolute atomic E-state index is 10.1. The van der Waals surface area contributed by atoms with Crippen LogP contribution in [0.3, 0.4) is 0 Å². The number of aryl methyl sites for hydroxylation is 1. The molecule has 15 heavy (non-hydrogen) atoms. The first kappa shape index (κ1) is 10.7. The molecule has 1 unspecified atom stereocenters. The predicted molar refractivity (Wildman–Crippen MR) is 61.8 cm³/mol. The summed E-state index contributed by atoms with van der Waals surface area (Å²) in [6, 6.07) is 8.83. The molecular weight excluding hydrogens is 186 g/mol. The average molecular weight is 205 g/mol. The molecule has 0 heterocycles. The van der Waals surface area contributed by atoms with Crippen molar-refractivity contribution in [3.8, 4) is 0 Å². The topological polar surface area (TPSA) is 23.5 Å². The number of benzene rings is 1. The second-order valence-electron chi connectivity index (χ2n) is 4.60. The normalized spacial score (nSPS) is 18.1. The Bertz CT molecular complexity index is 333. The Balaban J connectivity index is 1.97. The van der Waals surface area contributed by atoms with Gasteiger partial charge in [0.1, 0.15) is 0 Å². The Hall–Kier alpha value is -0.860. The summed E-state index contributed by atoms with van der Waals surface area (Å²) >= 11 is 0. The molecule has 1 saturated carbocycles. The van der Waals surface area contributed by atoms with Crippen molar-refractivity contribution in [3.05, 3.63) is 35.4 Å². The van der Waals surface area contributed by atoms with Crippen molar-refractivity contribution in [2.45, 2.75) is 31.9 Å². The summed E-state index contributed by atoms with van der Waals surface area (Å²) in [5.74, 6) is 0. The van der Waals surface area contributed by atoms with Crippen LogP contribution in [-0.2, 0) is 0 Å². The minimum Gasteiger partial charge on any atom is -0.387 e.